The van der Waals surface area contributed by atoms with Crippen LogP contribution in [-0.2, 0) is 0 Å². The van der Waals surface area contributed by atoms with Crippen LogP contribution in [0.15, 0.2) is 22.3 Å². The van der Waals surface area contributed by atoms with Crippen LogP contribution < -0.4 is 5.73 Å². The first kappa shape index (κ1) is 15.2. The number of phenolic OH excluding ortho intramolecular Hbond substituents is 2. The predicted octanol–water partition coefficient (Wildman–Crippen LogP) is 1.35. The zero-order valence-electron chi connectivity index (χ0n) is 9.31. The summed E-state index contributed by atoms with van der Waals surface area (Å²) in [6, 6.07) is 2.32. The SMILES string of the molecule is Br.NC1=NN=C(c2cc(O)c(O)c([N+](=O)[O-])c2)CS1. The average Bonchev–Trinajstić information content (AvgIpc) is 2.33. The normalized spacial score (nSPS) is 14.1. The van der Waals surface area contributed by atoms with Gasteiger partial charge in [0.1, 0.15) is 0 Å². The molecule has 0 aliphatic carbocycles. The molecule has 0 aromatic heterocycles. The van der Waals surface area contributed by atoms with Gasteiger partial charge in [-0.15, -0.1) is 22.1 Å². The first-order chi connectivity index (χ1) is 8.49. The molecule has 0 saturated carbocycles. The quantitative estimate of drug-likeness (QED) is 0.419. The molecule has 1 aromatic carbocycles. The molecule has 102 valence electrons. The van der Waals surface area contributed by atoms with E-state index >= 15 is 0 Å². The summed E-state index contributed by atoms with van der Waals surface area (Å²) in [7, 11) is 0. The van der Waals surface area contributed by atoms with Crippen LogP contribution >= 0.6 is 28.7 Å². The van der Waals surface area contributed by atoms with Crippen molar-refractivity contribution in [2.45, 2.75) is 0 Å². The molecule has 10 heteroatoms. The molecular formula is C9H9BrN4O4S. The van der Waals surface area contributed by atoms with Gasteiger partial charge in [-0.05, 0) is 6.07 Å². The summed E-state index contributed by atoms with van der Waals surface area (Å²) >= 11 is 1.23. The lowest BCUT2D eigenvalue weighted by molar-refractivity contribution is -0.386. The van der Waals surface area contributed by atoms with Crippen molar-refractivity contribution in [2.75, 3.05) is 5.75 Å². The standard InChI is InChI=1S/C9H8N4O4S.BrH/c10-9-12-11-5(3-18-9)4-1-6(13(16)17)8(15)7(14)2-4;/h1-2,14-15H,3H2,(H2,10,12);1H. The number of thioether (sulfide) groups is 1. The van der Waals surface area contributed by atoms with E-state index in [0.29, 0.717) is 22.2 Å². The Morgan fingerprint density at radius 1 is 1.37 bits per heavy atom. The van der Waals surface area contributed by atoms with E-state index in [1.807, 2.05) is 0 Å². The summed E-state index contributed by atoms with van der Waals surface area (Å²) in [6.45, 7) is 0. The molecule has 4 N–H and O–H groups in total. The van der Waals surface area contributed by atoms with Crippen LogP contribution in [0.2, 0.25) is 0 Å². The fourth-order valence-corrected chi connectivity index (χ4v) is 1.97. The first-order valence-corrected chi connectivity index (χ1v) is 5.71. The molecular weight excluding hydrogens is 340 g/mol. The third kappa shape index (κ3) is 3.15. The van der Waals surface area contributed by atoms with Gasteiger partial charge in [0.15, 0.2) is 10.9 Å². The van der Waals surface area contributed by atoms with Gasteiger partial charge in [-0.25, -0.2) is 0 Å². The summed E-state index contributed by atoms with van der Waals surface area (Å²) in [6.07, 6.45) is 0. The third-order valence-electron chi connectivity index (χ3n) is 2.23. The minimum Gasteiger partial charge on any atom is -0.504 e. The highest BCUT2D eigenvalue weighted by Gasteiger charge is 2.21. The lowest BCUT2D eigenvalue weighted by Gasteiger charge is -2.10. The van der Waals surface area contributed by atoms with E-state index in [0.717, 1.165) is 6.07 Å². The highest BCUT2D eigenvalue weighted by molar-refractivity contribution is 8.93. The number of nitrogens with two attached hydrogens (primary N) is 1. The fourth-order valence-electron chi connectivity index (χ4n) is 1.36. The Bertz CT molecular complexity index is 590. The topological polar surface area (TPSA) is 134 Å². The molecule has 8 nitrogen and oxygen atoms in total. The van der Waals surface area contributed by atoms with E-state index in [-0.39, 0.29) is 17.0 Å². The number of nitrogens with zero attached hydrogens (tertiary/aromatic N) is 3. The molecule has 1 aromatic rings. The Kier molecular flexibility index (Phi) is 4.72. The van der Waals surface area contributed by atoms with Gasteiger partial charge in [0.05, 0.1) is 10.6 Å². The third-order valence-corrected chi connectivity index (χ3v) is 3.02. The van der Waals surface area contributed by atoms with E-state index < -0.39 is 22.1 Å². The van der Waals surface area contributed by atoms with E-state index in [2.05, 4.69) is 10.2 Å². The Labute approximate surface area is 121 Å². The average molecular weight is 349 g/mol. The maximum Gasteiger partial charge on any atom is 0.315 e. The number of hydrogen-bond donors (Lipinski definition) is 3. The van der Waals surface area contributed by atoms with Gasteiger partial charge in [0.25, 0.3) is 0 Å². The van der Waals surface area contributed by atoms with Crippen molar-refractivity contribution in [1.82, 2.24) is 0 Å². The Hall–Kier alpha value is -1.81. The lowest BCUT2D eigenvalue weighted by Crippen LogP contribution is -2.16. The van der Waals surface area contributed by atoms with Gasteiger partial charge >= 0.3 is 5.69 Å². The van der Waals surface area contributed by atoms with Crippen LogP contribution in [0.4, 0.5) is 5.69 Å². The van der Waals surface area contributed by atoms with Crippen molar-refractivity contribution in [3.63, 3.8) is 0 Å². The number of nitro benzene ring substituents is 1. The Morgan fingerprint density at radius 2 is 2.05 bits per heavy atom. The Balaban J connectivity index is 0.00000180. The highest BCUT2D eigenvalue weighted by Crippen LogP contribution is 2.36. The van der Waals surface area contributed by atoms with E-state index in [9.17, 15) is 20.3 Å². The summed E-state index contributed by atoms with van der Waals surface area (Å²) in [5.74, 6) is -0.957. The summed E-state index contributed by atoms with van der Waals surface area (Å²) < 4.78 is 0. The molecule has 0 fully saturated rings. The van der Waals surface area contributed by atoms with Gasteiger partial charge in [-0.3, -0.25) is 10.1 Å². The van der Waals surface area contributed by atoms with Crippen molar-refractivity contribution < 1.29 is 15.1 Å². The second-order valence-electron chi connectivity index (χ2n) is 3.39. The lowest BCUT2D eigenvalue weighted by atomic mass is 10.1. The van der Waals surface area contributed by atoms with Crippen molar-refractivity contribution in [3.8, 4) is 11.5 Å². The summed E-state index contributed by atoms with van der Waals surface area (Å²) in [5, 5.41) is 37.2. The van der Waals surface area contributed by atoms with E-state index in [1.54, 1.807) is 0 Å². The van der Waals surface area contributed by atoms with Crippen LogP contribution in [0.25, 0.3) is 0 Å². The van der Waals surface area contributed by atoms with Crippen molar-refractivity contribution >= 4 is 45.3 Å². The fraction of sp³-hybridized carbons (Fsp3) is 0.111. The molecule has 0 spiro atoms. The molecule has 0 atom stereocenters. The highest BCUT2D eigenvalue weighted by atomic mass is 79.9. The number of amidine groups is 1. The van der Waals surface area contributed by atoms with Gasteiger partial charge in [-0.1, -0.05) is 11.8 Å². The Morgan fingerprint density at radius 3 is 2.58 bits per heavy atom. The maximum absolute atomic E-state index is 10.7. The summed E-state index contributed by atoms with van der Waals surface area (Å²) in [4.78, 5) is 9.92. The molecule has 1 aliphatic heterocycles. The largest absolute Gasteiger partial charge is 0.504 e. The van der Waals surface area contributed by atoms with Crippen LogP contribution in [0.1, 0.15) is 5.56 Å². The van der Waals surface area contributed by atoms with E-state index in [1.165, 1.54) is 17.8 Å². The zero-order valence-corrected chi connectivity index (χ0v) is 11.8. The second kappa shape index (κ2) is 5.89. The number of benzene rings is 1. The number of aromatic hydroxyl groups is 2. The smallest absolute Gasteiger partial charge is 0.315 e. The molecule has 1 aliphatic rings. The van der Waals surface area contributed by atoms with Crippen LogP contribution in [0.5, 0.6) is 11.5 Å². The minimum atomic E-state index is -0.785. The first-order valence-electron chi connectivity index (χ1n) is 4.72. The zero-order chi connectivity index (χ0) is 13.3. The molecule has 1 heterocycles. The molecule has 19 heavy (non-hydrogen) atoms. The van der Waals surface area contributed by atoms with Crippen molar-refractivity contribution in [1.29, 1.82) is 0 Å². The summed E-state index contributed by atoms with van der Waals surface area (Å²) in [5.41, 5.74) is 5.59. The van der Waals surface area contributed by atoms with Gasteiger partial charge < -0.3 is 15.9 Å². The number of halogens is 1. The maximum atomic E-state index is 10.7. The number of nitro groups is 1. The monoisotopic (exact) mass is 348 g/mol. The molecule has 0 bridgehead atoms. The van der Waals surface area contributed by atoms with Crippen molar-refractivity contribution in [3.05, 3.63) is 27.8 Å². The number of phenols is 2. The molecule has 2 rings (SSSR count). The second-order valence-corrected chi connectivity index (χ2v) is 4.39. The van der Waals surface area contributed by atoms with Gasteiger partial charge in [-0.2, -0.15) is 5.10 Å². The predicted molar refractivity (Wildman–Crippen MR) is 77.4 cm³/mol. The number of rotatable bonds is 2. The molecule has 0 amide bonds. The van der Waals surface area contributed by atoms with Gasteiger partial charge in [0, 0.05) is 17.4 Å². The molecule has 0 radical (unpaired) electrons. The van der Waals surface area contributed by atoms with Gasteiger partial charge in [0.2, 0.25) is 5.75 Å². The molecule has 0 saturated heterocycles. The van der Waals surface area contributed by atoms with Crippen LogP contribution in [0.3, 0.4) is 0 Å². The number of hydrogen-bond acceptors (Lipinski definition) is 8. The van der Waals surface area contributed by atoms with Crippen LogP contribution in [-0.4, -0.2) is 31.8 Å². The van der Waals surface area contributed by atoms with E-state index in [4.69, 9.17) is 5.73 Å². The minimum absolute atomic E-state index is 0. The van der Waals surface area contributed by atoms with Crippen molar-refractivity contribution in [2.24, 2.45) is 15.9 Å². The van der Waals surface area contributed by atoms with Crippen LogP contribution in [0, 0.1) is 10.1 Å². The molecule has 0 unspecified atom stereocenters.